The number of nitrogens with zero attached hydrogens (tertiary/aromatic N) is 3. The van der Waals surface area contributed by atoms with Gasteiger partial charge in [0.1, 0.15) is 0 Å². The number of aromatic nitrogens is 1. The van der Waals surface area contributed by atoms with E-state index in [1.54, 1.807) is 11.3 Å². The van der Waals surface area contributed by atoms with Crippen molar-refractivity contribution in [2.24, 2.45) is 16.6 Å². The minimum atomic E-state index is 0. The van der Waals surface area contributed by atoms with Crippen LogP contribution in [0.5, 0.6) is 0 Å². The Morgan fingerprint density at radius 3 is 2.59 bits per heavy atom. The van der Waals surface area contributed by atoms with Gasteiger partial charge in [0.15, 0.2) is 5.96 Å². The van der Waals surface area contributed by atoms with Crippen molar-refractivity contribution < 1.29 is 0 Å². The summed E-state index contributed by atoms with van der Waals surface area (Å²) in [7, 11) is 0. The van der Waals surface area contributed by atoms with Crippen LogP contribution in [0.15, 0.2) is 10.4 Å². The molecule has 1 saturated heterocycles. The number of nitrogens with two attached hydrogens (primary N) is 1. The van der Waals surface area contributed by atoms with Gasteiger partial charge in [-0.25, -0.2) is 4.98 Å². The summed E-state index contributed by atoms with van der Waals surface area (Å²) in [6, 6.07) is 0. The summed E-state index contributed by atoms with van der Waals surface area (Å²) in [5.41, 5.74) is 7.39. The normalized spacial score (nSPS) is 17.5. The topological polar surface area (TPSA) is 54.5 Å². The summed E-state index contributed by atoms with van der Waals surface area (Å²) in [6.07, 6.45) is 3.32. The number of hydrogen-bond acceptors (Lipinski definition) is 3. The maximum absolute atomic E-state index is 6.09. The summed E-state index contributed by atoms with van der Waals surface area (Å²) >= 11 is 1.73. The summed E-state index contributed by atoms with van der Waals surface area (Å²) < 4.78 is 0. The van der Waals surface area contributed by atoms with Crippen LogP contribution in [0.1, 0.15) is 51.2 Å². The Morgan fingerprint density at radius 2 is 2.05 bits per heavy atom. The van der Waals surface area contributed by atoms with Gasteiger partial charge in [0.05, 0.1) is 10.7 Å². The Bertz CT molecular complexity index is 485. The van der Waals surface area contributed by atoms with Crippen molar-refractivity contribution in [2.75, 3.05) is 19.6 Å². The van der Waals surface area contributed by atoms with E-state index in [4.69, 9.17) is 10.7 Å². The van der Waals surface area contributed by atoms with Gasteiger partial charge in [-0.1, -0.05) is 27.7 Å². The first-order chi connectivity index (χ1) is 9.86. The molecule has 2 rings (SSSR count). The Balaban J connectivity index is 0.00000242. The molecule has 0 bridgehead atoms. The van der Waals surface area contributed by atoms with Crippen LogP contribution in [0.2, 0.25) is 0 Å². The molecule has 0 saturated carbocycles. The zero-order valence-electron chi connectivity index (χ0n) is 14.1. The summed E-state index contributed by atoms with van der Waals surface area (Å²) in [5.74, 6) is 1.52. The van der Waals surface area contributed by atoms with Gasteiger partial charge in [-0.05, 0) is 18.8 Å². The third-order valence-corrected chi connectivity index (χ3v) is 4.94. The first-order valence-corrected chi connectivity index (χ1v) is 8.74. The van der Waals surface area contributed by atoms with Gasteiger partial charge >= 0.3 is 0 Å². The SMILES string of the molecule is CC1CCN(C(N)=NCCc2nc(C(C)(C)C)cs2)CC1.I. The number of hydrogen-bond donors (Lipinski definition) is 1. The Kier molecular flexibility index (Phi) is 7.58. The molecule has 1 aromatic heterocycles. The molecule has 6 heteroatoms. The number of aliphatic imine (C=N–C) groups is 1. The lowest BCUT2D eigenvalue weighted by Gasteiger charge is -2.31. The van der Waals surface area contributed by atoms with E-state index in [9.17, 15) is 0 Å². The molecule has 0 radical (unpaired) electrons. The van der Waals surface area contributed by atoms with Crippen LogP contribution in [0.25, 0.3) is 0 Å². The fraction of sp³-hybridized carbons (Fsp3) is 0.750. The molecule has 4 nitrogen and oxygen atoms in total. The highest BCUT2D eigenvalue weighted by Gasteiger charge is 2.18. The summed E-state index contributed by atoms with van der Waals surface area (Å²) in [6.45, 7) is 11.7. The highest BCUT2D eigenvalue weighted by Crippen LogP contribution is 2.24. The van der Waals surface area contributed by atoms with E-state index >= 15 is 0 Å². The van der Waals surface area contributed by atoms with Crippen molar-refractivity contribution in [1.29, 1.82) is 0 Å². The lowest BCUT2D eigenvalue weighted by molar-refractivity contribution is 0.277. The Labute approximate surface area is 155 Å². The number of piperidine rings is 1. The Hall–Kier alpha value is -0.370. The van der Waals surface area contributed by atoms with Crippen LogP contribution in [0.3, 0.4) is 0 Å². The van der Waals surface area contributed by atoms with Crippen molar-refractivity contribution >= 4 is 41.3 Å². The Morgan fingerprint density at radius 1 is 1.41 bits per heavy atom. The van der Waals surface area contributed by atoms with E-state index in [0.717, 1.165) is 37.0 Å². The number of halogens is 1. The first kappa shape index (κ1) is 19.7. The molecule has 0 aromatic carbocycles. The van der Waals surface area contributed by atoms with Crippen molar-refractivity contribution in [3.8, 4) is 0 Å². The molecule has 0 amide bonds. The quantitative estimate of drug-likeness (QED) is 0.447. The fourth-order valence-corrected chi connectivity index (χ4v) is 3.39. The largest absolute Gasteiger partial charge is 0.370 e. The molecule has 0 atom stereocenters. The van der Waals surface area contributed by atoms with Crippen molar-refractivity contribution in [2.45, 2.75) is 52.4 Å². The molecule has 0 unspecified atom stereocenters. The van der Waals surface area contributed by atoms with Crippen LogP contribution in [-0.4, -0.2) is 35.5 Å². The predicted molar refractivity (Wildman–Crippen MR) is 106 cm³/mol. The number of thiazole rings is 1. The molecule has 2 heterocycles. The van der Waals surface area contributed by atoms with Gasteiger partial charge in [0, 0.05) is 36.9 Å². The number of rotatable bonds is 3. The summed E-state index contributed by atoms with van der Waals surface area (Å²) in [5, 5.41) is 3.32. The van der Waals surface area contributed by atoms with Crippen molar-refractivity contribution in [3.63, 3.8) is 0 Å². The monoisotopic (exact) mass is 436 g/mol. The average molecular weight is 436 g/mol. The van der Waals surface area contributed by atoms with Gasteiger partial charge in [-0.15, -0.1) is 35.3 Å². The van der Waals surface area contributed by atoms with Crippen molar-refractivity contribution in [1.82, 2.24) is 9.88 Å². The zero-order valence-corrected chi connectivity index (χ0v) is 17.3. The van der Waals surface area contributed by atoms with Crippen LogP contribution >= 0.6 is 35.3 Å². The zero-order chi connectivity index (χ0) is 15.5. The molecule has 2 N–H and O–H groups in total. The van der Waals surface area contributed by atoms with Gasteiger partial charge in [0.2, 0.25) is 0 Å². The maximum atomic E-state index is 6.09. The highest BCUT2D eigenvalue weighted by atomic mass is 127. The minimum absolute atomic E-state index is 0. The average Bonchev–Trinajstić information content (AvgIpc) is 2.88. The van der Waals surface area contributed by atoms with E-state index in [-0.39, 0.29) is 29.4 Å². The molecule has 126 valence electrons. The maximum Gasteiger partial charge on any atom is 0.191 e. The second-order valence-electron chi connectivity index (χ2n) is 7.04. The van der Waals surface area contributed by atoms with Crippen LogP contribution < -0.4 is 5.73 Å². The van der Waals surface area contributed by atoms with Crippen molar-refractivity contribution in [3.05, 3.63) is 16.1 Å². The lowest BCUT2D eigenvalue weighted by atomic mass is 9.93. The molecular weight excluding hydrogens is 407 g/mol. The second-order valence-corrected chi connectivity index (χ2v) is 7.98. The van der Waals surface area contributed by atoms with E-state index in [2.05, 4.69) is 43.0 Å². The van der Waals surface area contributed by atoms with Crippen LogP contribution in [-0.2, 0) is 11.8 Å². The minimum Gasteiger partial charge on any atom is -0.370 e. The van der Waals surface area contributed by atoms with Crippen LogP contribution in [0.4, 0.5) is 0 Å². The van der Waals surface area contributed by atoms with Gasteiger partial charge in [-0.3, -0.25) is 4.99 Å². The molecule has 1 aromatic rings. The smallest absolute Gasteiger partial charge is 0.191 e. The third kappa shape index (κ3) is 5.68. The number of likely N-dealkylation sites (tertiary alicyclic amines) is 1. The first-order valence-electron chi connectivity index (χ1n) is 7.86. The van der Waals surface area contributed by atoms with E-state index in [1.165, 1.54) is 18.5 Å². The molecule has 0 aliphatic carbocycles. The predicted octanol–water partition coefficient (Wildman–Crippen LogP) is 3.65. The standard InChI is InChI=1S/C16H28N4S.HI/c1-12-6-9-20(10-7-12)15(17)18-8-5-14-19-13(11-21-14)16(2,3)4;/h11-12H,5-10H2,1-4H3,(H2,17,18);1H. The molecule has 1 aliphatic heterocycles. The molecular formula is C16H29IN4S. The third-order valence-electron chi connectivity index (χ3n) is 4.03. The van der Waals surface area contributed by atoms with Gasteiger partial charge in [-0.2, -0.15) is 0 Å². The number of guanidine groups is 1. The lowest BCUT2D eigenvalue weighted by Crippen LogP contribution is -2.42. The second kappa shape index (κ2) is 8.47. The van der Waals surface area contributed by atoms with E-state index in [1.807, 2.05) is 0 Å². The molecule has 1 fully saturated rings. The van der Waals surface area contributed by atoms with Gasteiger partial charge < -0.3 is 10.6 Å². The molecule has 1 aliphatic rings. The van der Waals surface area contributed by atoms with Gasteiger partial charge in [0.25, 0.3) is 0 Å². The van der Waals surface area contributed by atoms with E-state index < -0.39 is 0 Å². The molecule has 22 heavy (non-hydrogen) atoms. The molecule has 0 spiro atoms. The van der Waals surface area contributed by atoms with Crippen LogP contribution in [0, 0.1) is 5.92 Å². The summed E-state index contributed by atoms with van der Waals surface area (Å²) in [4.78, 5) is 11.4. The highest BCUT2D eigenvalue weighted by molar-refractivity contribution is 14.0. The fourth-order valence-electron chi connectivity index (χ4n) is 2.37. The van der Waals surface area contributed by atoms with E-state index in [0.29, 0.717) is 5.96 Å².